The highest BCUT2D eigenvalue weighted by Crippen LogP contribution is 2.31. The van der Waals surface area contributed by atoms with E-state index in [2.05, 4.69) is 23.8 Å². The number of hydrogen-bond donors (Lipinski definition) is 2. The predicted molar refractivity (Wildman–Crippen MR) is 69.6 cm³/mol. The summed E-state index contributed by atoms with van der Waals surface area (Å²) < 4.78 is 5.89. The van der Waals surface area contributed by atoms with Gasteiger partial charge in [0, 0.05) is 12.4 Å². The molecule has 2 rings (SSSR count). The van der Waals surface area contributed by atoms with Gasteiger partial charge in [-0.3, -0.25) is 5.41 Å². The standard InChI is InChI=1S/C13H20N4O/c1-8-5-9(2)7-10(6-8)18-13-11(12(14)15)16-3-4-17-13/h3-4,8-10H,5-7H2,1-2H3,(H3,14,15). The van der Waals surface area contributed by atoms with Crippen LogP contribution in [0.4, 0.5) is 0 Å². The molecule has 1 aliphatic carbocycles. The fraction of sp³-hybridized carbons (Fsp3) is 0.615. The van der Waals surface area contributed by atoms with E-state index in [-0.39, 0.29) is 11.9 Å². The molecule has 5 heteroatoms. The zero-order valence-electron chi connectivity index (χ0n) is 10.9. The molecule has 1 aromatic rings. The summed E-state index contributed by atoms with van der Waals surface area (Å²) in [4.78, 5) is 8.18. The maximum Gasteiger partial charge on any atom is 0.244 e. The molecule has 0 aliphatic heterocycles. The molecule has 1 aromatic heterocycles. The van der Waals surface area contributed by atoms with Crippen molar-refractivity contribution < 1.29 is 4.74 Å². The van der Waals surface area contributed by atoms with Gasteiger partial charge in [-0.05, 0) is 31.1 Å². The van der Waals surface area contributed by atoms with Crippen LogP contribution in [0, 0.1) is 17.2 Å². The third-order valence-electron chi connectivity index (χ3n) is 3.33. The average molecular weight is 248 g/mol. The Balaban J connectivity index is 2.11. The molecule has 1 heterocycles. The van der Waals surface area contributed by atoms with Gasteiger partial charge in [0.1, 0.15) is 11.9 Å². The van der Waals surface area contributed by atoms with E-state index in [0.29, 0.717) is 23.4 Å². The summed E-state index contributed by atoms with van der Waals surface area (Å²) in [7, 11) is 0. The first-order valence-electron chi connectivity index (χ1n) is 6.38. The largest absolute Gasteiger partial charge is 0.473 e. The molecule has 1 aliphatic rings. The summed E-state index contributed by atoms with van der Waals surface area (Å²) in [6.45, 7) is 4.49. The van der Waals surface area contributed by atoms with E-state index < -0.39 is 0 Å². The second kappa shape index (κ2) is 5.33. The van der Waals surface area contributed by atoms with Gasteiger partial charge in [-0.25, -0.2) is 9.97 Å². The number of hydrogen-bond acceptors (Lipinski definition) is 4. The topological polar surface area (TPSA) is 84.9 Å². The molecule has 1 saturated carbocycles. The summed E-state index contributed by atoms with van der Waals surface area (Å²) in [5.41, 5.74) is 5.81. The van der Waals surface area contributed by atoms with Gasteiger partial charge < -0.3 is 10.5 Å². The van der Waals surface area contributed by atoms with Crippen LogP contribution < -0.4 is 10.5 Å². The number of amidine groups is 1. The number of ether oxygens (including phenoxy) is 1. The fourth-order valence-electron chi connectivity index (χ4n) is 2.72. The summed E-state index contributed by atoms with van der Waals surface area (Å²) in [6.07, 6.45) is 6.54. The van der Waals surface area contributed by atoms with Crippen molar-refractivity contribution in [2.24, 2.45) is 17.6 Å². The van der Waals surface area contributed by atoms with Gasteiger partial charge in [-0.15, -0.1) is 0 Å². The molecule has 0 amide bonds. The van der Waals surface area contributed by atoms with Crippen LogP contribution in [0.15, 0.2) is 12.4 Å². The highest BCUT2D eigenvalue weighted by molar-refractivity contribution is 5.94. The van der Waals surface area contributed by atoms with Crippen LogP contribution in [0.2, 0.25) is 0 Å². The molecule has 98 valence electrons. The van der Waals surface area contributed by atoms with Gasteiger partial charge in [-0.1, -0.05) is 13.8 Å². The molecule has 0 aromatic carbocycles. The van der Waals surface area contributed by atoms with Crippen LogP contribution in [0.1, 0.15) is 38.8 Å². The molecule has 0 bridgehead atoms. The minimum Gasteiger partial charge on any atom is -0.473 e. The van der Waals surface area contributed by atoms with Gasteiger partial charge in [0.15, 0.2) is 5.69 Å². The van der Waals surface area contributed by atoms with Gasteiger partial charge in [0.05, 0.1) is 0 Å². The molecule has 0 radical (unpaired) electrons. The number of aromatic nitrogens is 2. The van der Waals surface area contributed by atoms with Crippen LogP contribution in [0.25, 0.3) is 0 Å². The first-order chi connectivity index (χ1) is 8.56. The van der Waals surface area contributed by atoms with Crippen LogP contribution in [-0.2, 0) is 0 Å². The first kappa shape index (κ1) is 12.8. The van der Waals surface area contributed by atoms with Crippen LogP contribution in [-0.4, -0.2) is 21.9 Å². The van der Waals surface area contributed by atoms with E-state index in [1.165, 1.54) is 12.6 Å². The SMILES string of the molecule is CC1CC(C)CC(Oc2nccnc2C(=N)N)C1. The van der Waals surface area contributed by atoms with E-state index in [9.17, 15) is 0 Å². The second-order valence-electron chi connectivity index (χ2n) is 5.28. The Hall–Kier alpha value is -1.65. The lowest BCUT2D eigenvalue weighted by Gasteiger charge is -2.31. The van der Waals surface area contributed by atoms with E-state index in [4.69, 9.17) is 15.9 Å². The van der Waals surface area contributed by atoms with Gasteiger partial charge in [-0.2, -0.15) is 0 Å². The quantitative estimate of drug-likeness (QED) is 0.632. The molecule has 0 spiro atoms. The fourth-order valence-corrected chi connectivity index (χ4v) is 2.72. The van der Waals surface area contributed by atoms with Gasteiger partial charge in [0.25, 0.3) is 0 Å². The summed E-state index contributed by atoms with van der Waals surface area (Å²) >= 11 is 0. The Kier molecular flexibility index (Phi) is 3.79. The lowest BCUT2D eigenvalue weighted by Crippen LogP contribution is -2.30. The Morgan fingerprint density at radius 3 is 2.44 bits per heavy atom. The third-order valence-corrected chi connectivity index (χ3v) is 3.33. The van der Waals surface area contributed by atoms with Gasteiger partial charge in [0.2, 0.25) is 5.88 Å². The molecule has 5 nitrogen and oxygen atoms in total. The minimum atomic E-state index is -0.102. The number of rotatable bonds is 3. The minimum absolute atomic E-state index is 0.102. The molecule has 3 N–H and O–H groups in total. The maximum atomic E-state index is 7.47. The molecule has 2 atom stereocenters. The maximum absolute atomic E-state index is 7.47. The van der Waals surface area contributed by atoms with Crippen molar-refractivity contribution in [1.82, 2.24) is 9.97 Å². The highest BCUT2D eigenvalue weighted by atomic mass is 16.5. The van der Waals surface area contributed by atoms with E-state index in [1.807, 2.05) is 0 Å². The number of nitrogens with one attached hydrogen (secondary N) is 1. The lowest BCUT2D eigenvalue weighted by atomic mass is 9.82. The Morgan fingerprint density at radius 1 is 1.22 bits per heavy atom. The van der Waals surface area contributed by atoms with E-state index in [0.717, 1.165) is 12.8 Å². The highest BCUT2D eigenvalue weighted by Gasteiger charge is 2.26. The van der Waals surface area contributed by atoms with Crippen molar-refractivity contribution in [3.63, 3.8) is 0 Å². The van der Waals surface area contributed by atoms with E-state index >= 15 is 0 Å². The van der Waals surface area contributed by atoms with Crippen LogP contribution >= 0.6 is 0 Å². The Bertz CT molecular complexity index is 425. The number of nitrogens with two attached hydrogens (primary N) is 1. The first-order valence-corrected chi connectivity index (χ1v) is 6.38. The van der Waals surface area contributed by atoms with Crippen LogP contribution in [0.5, 0.6) is 5.88 Å². The van der Waals surface area contributed by atoms with Crippen molar-refractivity contribution in [1.29, 1.82) is 5.41 Å². The zero-order chi connectivity index (χ0) is 13.1. The van der Waals surface area contributed by atoms with Gasteiger partial charge >= 0.3 is 0 Å². The Labute approximate surface area is 107 Å². The van der Waals surface area contributed by atoms with Crippen molar-refractivity contribution in [3.8, 4) is 5.88 Å². The van der Waals surface area contributed by atoms with Crippen LogP contribution in [0.3, 0.4) is 0 Å². The molecular formula is C13H20N4O. The summed E-state index contributed by atoms with van der Waals surface area (Å²) in [5.74, 6) is 1.61. The third kappa shape index (κ3) is 2.97. The monoisotopic (exact) mass is 248 g/mol. The van der Waals surface area contributed by atoms with Crippen molar-refractivity contribution in [2.45, 2.75) is 39.2 Å². The summed E-state index contributed by atoms with van der Waals surface area (Å²) in [6, 6.07) is 0. The molecule has 0 saturated heterocycles. The lowest BCUT2D eigenvalue weighted by molar-refractivity contribution is 0.0960. The Morgan fingerprint density at radius 2 is 1.83 bits per heavy atom. The molecule has 18 heavy (non-hydrogen) atoms. The number of nitrogen functional groups attached to an aromatic ring is 1. The molecule has 1 fully saturated rings. The van der Waals surface area contributed by atoms with Crippen molar-refractivity contribution in [2.75, 3.05) is 0 Å². The average Bonchev–Trinajstić information content (AvgIpc) is 2.27. The molecule has 2 unspecified atom stereocenters. The normalized spacial score (nSPS) is 27.8. The number of nitrogens with zero attached hydrogens (tertiary/aromatic N) is 2. The van der Waals surface area contributed by atoms with Crippen molar-refractivity contribution >= 4 is 5.84 Å². The zero-order valence-corrected chi connectivity index (χ0v) is 10.9. The molecular weight excluding hydrogens is 228 g/mol. The summed E-state index contributed by atoms with van der Waals surface area (Å²) in [5, 5.41) is 7.47. The smallest absolute Gasteiger partial charge is 0.244 e. The van der Waals surface area contributed by atoms with Crippen molar-refractivity contribution in [3.05, 3.63) is 18.1 Å². The second-order valence-corrected chi connectivity index (χ2v) is 5.28. The van der Waals surface area contributed by atoms with E-state index in [1.54, 1.807) is 6.20 Å². The predicted octanol–water partition coefficient (Wildman–Crippen LogP) is 1.96.